The molecule has 3 aromatic rings. The zero-order valence-electron chi connectivity index (χ0n) is 10.0. The molecule has 0 aliphatic rings. The van der Waals surface area contributed by atoms with Crippen molar-refractivity contribution >= 4 is 33.0 Å². The van der Waals surface area contributed by atoms with Crippen LogP contribution in [0.4, 0.5) is 5.95 Å². The number of hydrogen-bond donors (Lipinski definition) is 2. The molecular weight excluding hydrogens is 310 g/mol. The molecule has 0 aliphatic carbocycles. The molecule has 0 spiro atoms. The van der Waals surface area contributed by atoms with Crippen molar-refractivity contribution in [3.05, 3.63) is 34.6 Å². The molecule has 0 saturated carbocycles. The van der Waals surface area contributed by atoms with E-state index in [-0.39, 0.29) is 5.95 Å². The normalized spacial score (nSPS) is 10.8. The smallest absolute Gasteiger partial charge is 0.250 e. The molecule has 7 heteroatoms. The summed E-state index contributed by atoms with van der Waals surface area (Å²) in [5, 5.41) is 0. The highest BCUT2D eigenvalue weighted by Gasteiger charge is 2.12. The Labute approximate surface area is 117 Å². The number of fused-ring (bicyclic) bond motifs is 1. The summed E-state index contributed by atoms with van der Waals surface area (Å²) >= 11 is 3.45. The summed E-state index contributed by atoms with van der Waals surface area (Å²) in [6.07, 6.45) is 1.52. The number of ether oxygens (including phenoxy) is 1. The Balaban J connectivity index is 2.07. The minimum atomic E-state index is 0.123. The second-order valence-corrected chi connectivity index (χ2v) is 4.88. The Morgan fingerprint density at radius 1 is 1.32 bits per heavy atom. The predicted molar refractivity (Wildman–Crippen MR) is 75.0 cm³/mol. The number of aryl methyl sites for hydroxylation is 1. The second kappa shape index (κ2) is 4.51. The molecule has 3 rings (SSSR count). The van der Waals surface area contributed by atoms with Crippen molar-refractivity contribution in [1.82, 2.24) is 19.9 Å². The van der Waals surface area contributed by atoms with E-state index in [0.717, 1.165) is 10.0 Å². The van der Waals surface area contributed by atoms with Gasteiger partial charge in [0.2, 0.25) is 5.95 Å². The van der Waals surface area contributed by atoms with Crippen LogP contribution in [0.15, 0.2) is 29.0 Å². The molecule has 3 N–H and O–H groups in total. The molecule has 19 heavy (non-hydrogen) atoms. The summed E-state index contributed by atoms with van der Waals surface area (Å²) in [6, 6.07) is 5.78. The van der Waals surface area contributed by atoms with Crippen molar-refractivity contribution in [3.63, 3.8) is 0 Å². The van der Waals surface area contributed by atoms with Gasteiger partial charge in [0.15, 0.2) is 5.65 Å². The lowest BCUT2D eigenvalue weighted by molar-refractivity contribution is 0.465. The topological polar surface area (TPSA) is 89.7 Å². The van der Waals surface area contributed by atoms with E-state index < -0.39 is 0 Å². The zero-order chi connectivity index (χ0) is 13.4. The van der Waals surface area contributed by atoms with Crippen molar-refractivity contribution in [2.45, 2.75) is 6.92 Å². The van der Waals surface area contributed by atoms with Gasteiger partial charge >= 0.3 is 0 Å². The van der Waals surface area contributed by atoms with Gasteiger partial charge in [0.25, 0.3) is 5.88 Å². The van der Waals surface area contributed by atoms with Crippen molar-refractivity contribution in [3.8, 4) is 11.6 Å². The number of imidazole rings is 1. The Morgan fingerprint density at radius 3 is 2.95 bits per heavy atom. The standard InChI is InChI=1S/C12H10BrN5O/c1-6-2-3-8(7(13)4-6)19-11-9-10(16-5-15-9)17-12(14)18-11/h2-5H,1H3,(H3,14,15,16,17,18). The van der Waals surface area contributed by atoms with Crippen molar-refractivity contribution in [2.24, 2.45) is 0 Å². The van der Waals surface area contributed by atoms with Crippen LogP contribution in [-0.2, 0) is 0 Å². The number of halogens is 1. The summed E-state index contributed by atoms with van der Waals surface area (Å²) in [7, 11) is 0. The Morgan fingerprint density at radius 2 is 2.16 bits per heavy atom. The lowest BCUT2D eigenvalue weighted by atomic mass is 10.2. The number of hydrogen-bond acceptors (Lipinski definition) is 5. The molecule has 0 fully saturated rings. The van der Waals surface area contributed by atoms with Gasteiger partial charge in [-0.15, -0.1) is 0 Å². The molecule has 0 radical (unpaired) electrons. The number of nitrogens with two attached hydrogens (primary N) is 1. The van der Waals surface area contributed by atoms with Gasteiger partial charge in [-0.25, -0.2) is 4.98 Å². The number of nitrogens with zero attached hydrogens (tertiary/aromatic N) is 3. The molecule has 0 atom stereocenters. The van der Waals surface area contributed by atoms with E-state index in [2.05, 4.69) is 35.9 Å². The molecule has 6 nitrogen and oxygen atoms in total. The first-order chi connectivity index (χ1) is 9.13. The Bertz CT molecular complexity index is 755. The summed E-state index contributed by atoms with van der Waals surface area (Å²) in [5.74, 6) is 1.13. The van der Waals surface area contributed by atoms with Crippen LogP contribution in [-0.4, -0.2) is 19.9 Å². The quantitative estimate of drug-likeness (QED) is 0.758. The van der Waals surface area contributed by atoms with E-state index in [1.165, 1.54) is 6.33 Å². The summed E-state index contributed by atoms with van der Waals surface area (Å²) in [6.45, 7) is 2.00. The highest BCUT2D eigenvalue weighted by Crippen LogP contribution is 2.32. The summed E-state index contributed by atoms with van der Waals surface area (Å²) in [4.78, 5) is 15.1. The van der Waals surface area contributed by atoms with Gasteiger partial charge in [-0.2, -0.15) is 9.97 Å². The van der Waals surface area contributed by atoms with Crippen LogP contribution in [0.25, 0.3) is 11.2 Å². The minimum absolute atomic E-state index is 0.123. The predicted octanol–water partition coefficient (Wildman–Crippen LogP) is 2.80. The maximum absolute atomic E-state index is 5.77. The van der Waals surface area contributed by atoms with E-state index in [9.17, 15) is 0 Å². The van der Waals surface area contributed by atoms with Crippen LogP contribution in [0.3, 0.4) is 0 Å². The first-order valence-corrected chi connectivity index (χ1v) is 6.33. The van der Waals surface area contributed by atoms with Crippen LogP contribution >= 0.6 is 15.9 Å². The van der Waals surface area contributed by atoms with E-state index in [4.69, 9.17) is 10.5 Å². The average Bonchev–Trinajstić information content (AvgIpc) is 2.80. The van der Waals surface area contributed by atoms with Gasteiger partial charge in [-0.05, 0) is 40.5 Å². The van der Waals surface area contributed by atoms with Gasteiger partial charge in [0, 0.05) is 0 Å². The first-order valence-electron chi connectivity index (χ1n) is 5.54. The average molecular weight is 320 g/mol. The number of H-pyrrole nitrogens is 1. The molecule has 2 heterocycles. The Kier molecular flexibility index (Phi) is 2.83. The molecular formula is C12H10BrN5O. The van der Waals surface area contributed by atoms with Crippen LogP contribution in [0, 0.1) is 6.92 Å². The number of nitrogen functional groups attached to an aromatic ring is 1. The van der Waals surface area contributed by atoms with Crippen LogP contribution in [0.5, 0.6) is 11.6 Å². The van der Waals surface area contributed by atoms with Crippen molar-refractivity contribution in [1.29, 1.82) is 0 Å². The van der Waals surface area contributed by atoms with Crippen molar-refractivity contribution in [2.75, 3.05) is 5.73 Å². The number of anilines is 1. The fourth-order valence-electron chi connectivity index (χ4n) is 1.69. The largest absolute Gasteiger partial charge is 0.436 e. The molecule has 0 unspecified atom stereocenters. The van der Waals surface area contributed by atoms with Crippen LogP contribution in [0.1, 0.15) is 5.56 Å². The maximum Gasteiger partial charge on any atom is 0.250 e. The zero-order valence-corrected chi connectivity index (χ0v) is 11.6. The van der Waals surface area contributed by atoms with Crippen LogP contribution < -0.4 is 10.5 Å². The number of benzene rings is 1. The van der Waals surface area contributed by atoms with Gasteiger partial charge in [-0.3, -0.25) is 0 Å². The maximum atomic E-state index is 5.77. The molecule has 0 saturated heterocycles. The third-order valence-corrected chi connectivity index (χ3v) is 3.18. The van der Waals surface area contributed by atoms with Crippen molar-refractivity contribution < 1.29 is 4.74 Å². The number of aromatic amines is 1. The summed E-state index contributed by atoms with van der Waals surface area (Å²) in [5.41, 5.74) is 7.85. The minimum Gasteiger partial charge on any atom is -0.436 e. The molecule has 2 aromatic heterocycles. The molecule has 96 valence electrons. The van der Waals surface area contributed by atoms with Gasteiger partial charge < -0.3 is 15.5 Å². The molecule has 0 aliphatic heterocycles. The van der Waals surface area contributed by atoms with Gasteiger partial charge in [0.1, 0.15) is 11.3 Å². The lowest BCUT2D eigenvalue weighted by Crippen LogP contribution is -1.98. The Hall–Kier alpha value is -2.15. The number of rotatable bonds is 2. The van der Waals surface area contributed by atoms with E-state index in [0.29, 0.717) is 22.8 Å². The number of aromatic nitrogens is 4. The fraction of sp³-hybridized carbons (Fsp3) is 0.0833. The van der Waals surface area contributed by atoms with Gasteiger partial charge in [0.05, 0.1) is 10.8 Å². The molecule has 0 amide bonds. The van der Waals surface area contributed by atoms with E-state index >= 15 is 0 Å². The summed E-state index contributed by atoms with van der Waals surface area (Å²) < 4.78 is 6.61. The third-order valence-electron chi connectivity index (χ3n) is 2.56. The lowest BCUT2D eigenvalue weighted by Gasteiger charge is -2.08. The van der Waals surface area contributed by atoms with E-state index in [1.807, 2.05) is 25.1 Å². The first kappa shape index (κ1) is 11.9. The monoisotopic (exact) mass is 319 g/mol. The van der Waals surface area contributed by atoms with E-state index in [1.54, 1.807) is 0 Å². The fourth-order valence-corrected chi connectivity index (χ4v) is 2.26. The second-order valence-electron chi connectivity index (χ2n) is 4.02. The molecule has 0 bridgehead atoms. The highest BCUT2D eigenvalue weighted by molar-refractivity contribution is 9.10. The highest BCUT2D eigenvalue weighted by atomic mass is 79.9. The van der Waals surface area contributed by atoms with Crippen LogP contribution in [0.2, 0.25) is 0 Å². The molecule has 1 aromatic carbocycles. The van der Waals surface area contributed by atoms with Gasteiger partial charge in [-0.1, -0.05) is 6.07 Å². The number of nitrogens with one attached hydrogen (secondary N) is 1. The SMILES string of the molecule is Cc1ccc(Oc2nc(N)nc3nc[nH]c23)c(Br)c1. The third kappa shape index (κ3) is 2.24.